The summed E-state index contributed by atoms with van der Waals surface area (Å²) >= 11 is 0. The molecule has 2 unspecified atom stereocenters. The van der Waals surface area contributed by atoms with Crippen LogP contribution >= 0.6 is 0 Å². The zero-order chi connectivity index (χ0) is 23.1. The second kappa shape index (κ2) is 11.2. The van der Waals surface area contributed by atoms with Crippen LogP contribution in [0.1, 0.15) is 58.5 Å². The monoisotopic (exact) mass is 436 g/mol. The van der Waals surface area contributed by atoms with Gasteiger partial charge in [-0.25, -0.2) is 0 Å². The van der Waals surface area contributed by atoms with Crippen molar-refractivity contribution < 1.29 is 9.59 Å². The van der Waals surface area contributed by atoms with Crippen molar-refractivity contribution in [3.8, 4) is 0 Å². The van der Waals surface area contributed by atoms with Crippen LogP contribution in [0.5, 0.6) is 0 Å². The maximum absolute atomic E-state index is 12.7. The molecule has 1 aliphatic heterocycles. The Hall–Kier alpha value is -2.70. The number of aryl methyl sites for hydroxylation is 2. The summed E-state index contributed by atoms with van der Waals surface area (Å²) in [6.45, 7) is 11.6. The number of nitrogens with one attached hydrogen (secondary N) is 2. The lowest BCUT2D eigenvalue weighted by molar-refractivity contribution is 0.0405. The van der Waals surface area contributed by atoms with E-state index in [1.54, 1.807) is 0 Å². The number of hydrogen-bond donors (Lipinski definition) is 2. The normalized spacial score (nSPS) is 16.9. The Labute approximate surface area is 192 Å². The van der Waals surface area contributed by atoms with Gasteiger partial charge in [0.25, 0.3) is 11.8 Å². The van der Waals surface area contributed by atoms with Crippen LogP contribution in [0.4, 0.5) is 0 Å². The first-order valence-electron chi connectivity index (χ1n) is 11.6. The highest BCUT2D eigenvalue weighted by atomic mass is 16.2. The summed E-state index contributed by atoms with van der Waals surface area (Å²) in [5.41, 5.74) is 3.67. The minimum absolute atomic E-state index is 0.00757. The van der Waals surface area contributed by atoms with Gasteiger partial charge in [-0.05, 0) is 51.0 Å². The molecule has 0 spiro atoms. The van der Waals surface area contributed by atoms with Crippen LogP contribution in [-0.4, -0.2) is 60.1 Å². The summed E-state index contributed by atoms with van der Waals surface area (Å²) in [6, 6.07) is 15.3. The standard InChI is InChI=1S/C26H36N4O2/c1-5-23(27-25(31)21-11-7-19(3)8-12-21)29-15-17-30(18-16-29)24(6-2)28-26(32)22-13-9-20(4)10-14-22/h7-14,23-24H,5-6,15-18H2,1-4H3,(H,27,31)(H,28,32). The first-order valence-corrected chi connectivity index (χ1v) is 11.6. The fraction of sp³-hybridized carbons (Fsp3) is 0.462. The fourth-order valence-corrected chi connectivity index (χ4v) is 4.14. The lowest BCUT2D eigenvalue weighted by atomic mass is 10.1. The Morgan fingerprint density at radius 1 is 0.688 bits per heavy atom. The van der Waals surface area contributed by atoms with Crippen LogP contribution in [0.15, 0.2) is 48.5 Å². The van der Waals surface area contributed by atoms with Gasteiger partial charge in [-0.1, -0.05) is 49.2 Å². The van der Waals surface area contributed by atoms with Gasteiger partial charge in [-0.2, -0.15) is 0 Å². The summed E-state index contributed by atoms with van der Waals surface area (Å²) in [7, 11) is 0. The molecule has 1 fully saturated rings. The maximum Gasteiger partial charge on any atom is 0.252 e. The molecule has 172 valence electrons. The summed E-state index contributed by atoms with van der Waals surface area (Å²) in [5.74, 6) is -0.0628. The van der Waals surface area contributed by atoms with E-state index in [9.17, 15) is 9.59 Å². The van der Waals surface area contributed by atoms with E-state index < -0.39 is 0 Å². The van der Waals surface area contributed by atoms with Crippen molar-refractivity contribution in [1.29, 1.82) is 0 Å². The highest BCUT2D eigenvalue weighted by Crippen LogP contribution is 2.13. The topological polar surface area (TPSA) is 64.7 Å². The Bertz CT molecular complexity index is 812. The van der Waals surface area contributed by atoms with Crippen molar-refractivity contribution in [2.75, 3.05) is 26.2 Å². The zero-order valence-corrected chi connectivity index (χ0v) is 19.7. The predicted molar refractivity (Wildman–Crippen MR) is 129 cm³/mol. The van der Waals surface area contributed by atoms with Crippen molar-refractivity contribution >= 4 is 11.8 Å². The van der Waals surface area contributed by atoms with Gasteiger partial charge >= 0.3 is 0 Å². The first-order chi connectivity index (χ1) is 15.4. The van der Waals surface area contributed by atoms with Gasteiger partial charge in [0.1, 0.15) is 0 Å². The molecule has 0 radical (unpaired) electrons. The molecule has 0 aliphatic carbocycles. The number of carbonyl (C=O) groups excluding carboxylic acids is 2. The third-order valence-corrected chi connectivity index (χ3v) is 6.23. The van der Waals surface area contributed by atoms with Crippen molar-refractivity contribution in [3.63, 3.8) is 0 Å². The number of amides is 2. The molecule has 1 heterocycles. The first kappa shape index (κ1) is 24.0. The van der Waals surface area contributed by atoms with Gasteiger partial charge in [0, 0.05) is 37.3 Å². The quantitative estimate of drug-likeness (QED) is 0.664. The maximum atomic E-state index is 12.7. The second-order valence-electron chi connectivity index (χ2n) is 8.60. The molecule has 2 amide bonds. The number of benzene rings is 2. The molecule has 2 aromatic carbocycles. The second-order valence-corrected chi connectivity index (χ2v) is 8.60. The largest absolute Gasteiger partial charge is 0.337 e. The molecule has 0 aromatic heterocycles. The van der Waals surface area contributed by atoms with E-state index in [4.69, 9.17) is 0 Å². The Morgan fingerprint density at radius 3 is 1.28 bits per heavy atom. The molecule has 2 N–H and O–H groups in total. The van der Waals surface area contributed by atoms with Gasteiger partial charge in [0.05, 0.1) is 12.3 Å². The lowest BCUT2D eigenvalue weighted by Gasteiger charge is -2.42. The third-order valence-electron chi connectivity index (χ3n) is 6.23. The molecular weight excluding hydrogens is 400 g/mol. The van der Waals surface area contributed by atoms with E-state index in [-0.39, 0.29) is 24.1 Å². The third kappa shape index (κ3) is 6.17. The average Bonchev–Trinajstić information content (AvgIpc) is 2.81. The van der Waals surface area contributed by atoms with Crippen molar-refractivity contribution in [2.24, 2.45) is 0 Å². The number of piperazine rings is 1. The molecule has 2 atom stereocenters. The van der Waals surface area contributed by atoms with E-state index >= 15 is 0 Å². The van der Waals surface area contributed by atoms with E-state index in [2.05, 4.69) is 34.3 Å². The van der Waals surface area contributed by atoms with Crippen molar-refractivity contribution in [2.45, 2.75) is 52.9 Å². The van der Waals surface area contributed by atoms with Gasteiger partial charge < -0.3 is 10.6 Å². The molecular formula is C26H36N4O2. The molecule has 6 nitrogen and oxygen atoms in total. The lowest BCUT2D eigenvalue weighted by Crippen LogP contribution is -2.59. The van der Waals surface area contributed by atoms with E-state index in [1.165, 1.54) is 0 Å². The summed E-state index contributed by atoms with van der Waals surface area (Å²) in [5, 5.41) is 6.37. The van der Waals surface area contributed by atoms with Gasteiger partial charge in [-0.15, -0.1) is 0 Å². The molecule has 32 heavy (non-hydrogen) atoms. The number of carbonyl (C=O) groups is 2. The molecule has 0 saturated carbocycles. The van der Waals surface area contributed by atoms with Gasteiger partial charge in [0.15, 0.2) is 0 Å². The summed E-state index contributed by atoms with van der Waals surface area (Å²) in [6.07, 6.45) is 1.71. The van der Waals surface area contributed by atoms with Gasteiger partial charge in [0.2, 0.25) is 0 Å². The average molecular weight is 437 g/mol. The molecule has 3 rings (SSSR count). The minimum Gasteiger partial charge on any atom is -0.337 e. The number of nitrogens with zero attached hydrogens (tertiary/aromatic N) is 2. The zero-order valence-electron chi connectivity index (χ0n) is 19.7. The molecule has 1 saturated heterocycles. The van der Waals surface area contributed by atoms with E-state index in [0.29, 0.717) is 11.1 Å². The molecule has 2 aromatic rings. The molecule has 1 aliphatic rings. The van der Waals surface area contributed by atoms with Gasteiger partial charge in [-0.3, -0.25) is 19.4 Å². The SMILES string of the molecule is CCC(NC(=O)c1ccc(C)cc1)N1CCN(C(CC)NC(=O)c2ccc(C)cc2)CC1. The highest BCUT2D eigenvalue weighted by molar-refractivity contribution is 5.94. The molecule has 6 heteroatoms. The van der Waals surface area contributed by atoms with E-state index in [1.807, 2.05) is 62.4 Å². The van der Waals surface area contributed by atoms with Crippen molar-refractivity contribution in [3.05, 3.63) is 70.8 Å². The highest BCUT2D eigenvalue weighted by Gasteiger charge is 2.28. The van der Waals surface area contributed by atoms with E-state index in [0.717, 1.165) is 50.1 Å². The molecule has 0 bridgehead atoms. The predicted octanol–water partition coefficient (Wildman–Crippen LogP) is 3.55. The van der Waals surface area contributed by atoms with Crippen LogP contribution in [0.25, 0.3) is 0 Å². The van der Waals surface area contributed by atoms with Crippen molar-refractivity contribution in [1.82, 2.24) is 20.4 Å². The van der Waals surface area contributed by atoms with Crippen LogP contribution in [0.2, 0.25) is 0 Å². The van der Waals surface area contributed by atoms with Crippen LogP contribution in [0.3, 0.4) is 0 Å². The fourth-order valence-electron chi connectivity index (χ4n) is 4.14. The minimum atomic E-state index is -0.0314. The van der Waals surface area contributed by atoms with Crippen LogP contribution in [0, 0.1) is 13.8 Å². The number of hydrogen-bond acceptors (Lipinski definition) is 4. The Kier molecular flexibility index (Phi) is 8.42. The van der Waals surface area contributed by atoms with Crippen LogP contribution in [-0.2, 0) is 0 Å². The number of rotatable bonds is 8. The summed E-state index contributed by atoms with van der Waals surface area (Å²) in [4.78, 5) is 30.0. The summed E-state index contributed by atoms with van der Waals surface area (Å²) < 4.78 is 0. The Morgan fingerprint density at radius 2 is 1.00 bits per heavy atom. The Balaban J connectivity index is 1.53. The smallest absolute Gasteiger partial charge is 0.252 e. The van der Waals surface area contributed by atoms with Crippen LogP contribution < -0.4 is 10.6 Å².